The van der Waals surface area contributed by atoms with Gasteiger partial charge in [0.1, 0.15) is 0 Å². The largest absolute Gasteiger partial charge is 0.481 e. The van der Waals surface area contributed by atoms with E-state index in [1.165, 1.54) is 0 Å². The predicted octanol–water partition coefficient (Wildman–Crippen LogP) is 3.02. The molecule has 1 N–H and O–H groups in total. The summed E-state index contributed by atoms with van der Waals surface area (Å²) in [5.41, 5.74) is 2.03. The molecular weight excluding hydrogens is 342 g/mol. The van der Waals surface area contributed by atoms with Crippen molar-refractivity contribution in [2.75, 3.05) is 13.1 Å². The average Bonchev–Trinajstić information content (AvgIpc) is 2.96. The van der Waals surface area contributed by atoms with Crippen molar-refractivity contribution in [2.24, 2.45) is 11.8 Å². The maximum absolute atomic E-state index is 12.9. The molecule has 2 unspecified atom stereocenters. The number of carboxylic acids is 1. The molecule has 132 valence electrons. The maximum Gasteiger partial charge on any atom is 0.308 e. The van der Waals surface area contributed by atoms with Gasteiger partial charge in [-0.3, -0.25) is 9.59 Å². The molecule has 1 amide bonds. The maximum atomic E-state index is 12.9. The first-order valence-corrected chi connectivity index (χ1v) is 8.57. The molecule has 0 radical (unpaired) electrons. The minimum Gasteiger partial charge on any atom is -0.481 e. The van der Waals surface area contributed by atoms with Gasteiger partial charge in [0, 0.05) is 18.1 Å². The number of aliphatic carboxylic acids is 1. The van der Waals surface area contributed by atoms with Gasteiger partial charge in [0.25, 0.3) is 5.91 Å². The molecule has 0 saturated carbocycles. The monoisotopic (exact) mass is 361 g/mol. The minimum atomic E-state index is -0.849. The summed E-state index contributed by atoms with van der Waals surface area (Å²) in [6.45, 7) is 4.61. The first-order chi connectivity index (χ1) is 11.9. The van der Waals surface area contributed by atoms with E-state index < -0.39 is 11.9 Å². The zero-order valence-electron chi connectivity index (χ0n) is 14.1. The average molecular weight is 362 g/mol. The molecule has 25 heavy (non-hydrogen) atoms. The quantitative estimate of drug-likeness (QED) is 0.911. The lowest BCUT2D eigenvalue weighted by molar-refractivity contribution is -0.143. The number of piperidine rings is 1. The number of hydrogen-bond donors (Lipinski definition) is 1. The fourth-order valence-electron chi connectivity index (χ4n) is 3.33. The third kappa shape index (κ3) is 3.54. The van der Waals surface area contributed by atoms with E-state index >= 15 is 0 Å². The van der Waals surface area contributed by atoms with Gasteiger partial charge in [-0.1, -0.05) is 18.5 Å². The summed E-state index contributed by atoms with van der Waals surface area (Å²) < 4.78 is 1.69. The molecule has 0 bridgehead atoms. The highest BCUT2D eigenvalue weighted by atomic mass is 35.5. The second-order valence-corrected chi connectivity index (χ2v) is 7.05. The summed E-state index contributed by atoms with van der Waals surface area (Å²) in [5.74, 6) is -1.38. The number of carbonyl (C=O) groups is 2. The Hall–Kier alpha value is -2.34. The number of benzene rings is 1. The smallest absolute Gasteiger partial charge is 0.308 e. The molecule has 2 aromatic rings. The Morgan fingerprint density at radius 2 is 1.92 bits per heavy atom. The summed E-state index contributed by atoms with van der Waals surface area (Å²) in [4.78, 5) is 25.8. The molecule has 1 saturated heterocycles. The third-order valence-corrected chi connectivity index (χ3v) is 4.86. The molecule has 1 aromatic heterocycles. The van der Waals surface area contributed by atoms with Gasteiger partial charge in [-0.25, -0.2) is 4.68 Å². The second-order valence-electron chi connectivity index (χ2n) is 6.62. The summed E-state index contributed by atoms with van der Waals surface area (Å²) in [5, 5.41) is 14.2. The highest BCUT2D eigenvalue weighted by Gasteiger charge is 2.33. The van der Waals surface area contributed by atoms with Gasteiger partial charge in [0.15, 0.2) is 0 Å². The lowest BCUT2D eigenvalue weighted by Crippen LogP contribution is -2.45. The Morgan fingerprint density at radius 3 is 2.56 bits per heavy atom. The van der Waals surface area contributed by atoms with Crippen molar-refractivity contribution in [3.8, 4) is 5.69 Å². The van der Waals surface area contributed by atoms with Crippen molar-refractivity contribution < 1.29 is 14.7 Å². The number of carbonyl (C=O) groups excluding carboxylic acids is 1. The van der Waals surface area contributed by atoms with Gasteiger partial charge in [0.05, 0.1) is 29.1 Å². The molecule has 6 nitrogen and oxygen atoms in total. The van der Waals surface area contributed by atoms with E-state index in [1.807, 2.05) is 26.0 Å². The van der Waals surface area contributed by atoms with E-state index in [1.54, 1.807) is 27.9 Å². The molecular formula is C18H20ClN3O3. The third-order valence-electron chi connectivity index (χ3n) is 4.61. The van der Waals surface area contributed by atoms with Gasteiger partial charge in [-0.2, -0.15) is 5.10 Å². The molecule has 1 aliphatic rings. The van der Waals surface area contributed by atoms with Gasteiger partial charge in [-0.15, -0.1) is 0 Å². The number of hydrogen-bond acceptors (Lipinski definition) is 3. The minimum absolute atomic E-state index is 0.158. The number of amides is 1. The van der Waals surface area contributed by atoms with Crippen molar-refractivity contribution in [1.82, 2.24) is 14.7 Å². The lowest BCUT2D eigenvalue weighted by Gasteiger charge is -2.34. The fraction of sp³-hybridized carbons (Fsp3) is 0.389. The second kappa shape index (κ2) is 6.88. The Kier molecular flexibility index (Phi) is 4.81. The van der Waals surface area contributed by atoms with E-state index in [4.69, 9.17) is 11.6 Å². The summed E-state index contributed by atoms with van der Waals surface area (Å²) in [6, 6.07) is 7.20. The number of nitrogens with zero attached hydrogens (tertiary/aromatic N) is 3. The van der Waals surface area contributed by atoms with Crippen molar-refractivity contribution in [1.29, 1.82) is 0 Å². The Bertz CT molecular complexity index is 800. The van der Waals surface area contributed by atoms with Crippen LogP contribution < -0.4 is 0 Å². The summed E-state index contributed by atoms with van der Waals surface area (Å²) in [6.07, 6.45) is 2.14. The number of rotatable bonds is 3. The van der Waals surface area contributed by atoms with E-state index in [9.17, 15) is 14.7 Å². The van der Waals surface area contributed by atoms with Crippen LogP contribution in [0.4, 0.5) is 0 Å². The Labute approximate surface area is 151 Å². The van der Waals surface area contributed by atoms with Crippen LogP contribution in [0, 0.1) is 18.8 Å². The Morgan fingerprint density at radius 1 is 1.24 bits per heavy atom. The van der Waals surface area contributed by atoms with Crippen LogP contribution in [-0.4, -0.2) is 44.8 Å². The predicted molar refractivity (Wildman–Crippen MR) is 94.1 cm³/mol. The van der Waals surface area contributed by atoms with Crippen molar-refractivity contribution in [3.05, 3.63) is 46.7 Å². The highest BCUT2D eigenvalue weighted by molar-refractivity contribution is 6.30. The van der Waals surface area contributed by atoms with Crippen LogP contribution in [0.15, 0.2) is 30.5 Å². The Balaban J connectivity index is 1.85. The summed E-state index contributed by atoms with van der Waals surface area (Å²) >= 11 is 5.91. The summed E-state index contributed by atoms with van der Waals surface area (Å²) in [7, 11) is 0. The van der Waals surface area contributed by atoms with Crippen LogP contribution >= 0.6 is 11.6 Å². The number of aromatic nitrogens is 2. The number of halogens is 1. The fourth-order valence-corrected chi connectivity index (χ4v) is 3.45. The van der Waals surface area contributed by atoms with Crippen molar-refractivity contribution in [2.45, 2.75) is 20.3 Å². The first kappa shape index (κ1) is 17.5. The van der Waals surface area contributed by atoms with E-state index in [-0.39, 0.29) is 18.4 Å². The van der Waals surface area contributed by atoms with Crippen molar-refractivity contribution in [3.63, 3.8) is 0 Å². The van der Waals surface area contributed by atoms with Crippen LogP contribution in [0.2, 0.25) is 5.02 Å². The molecule has 7 heteroatoms. The molecule has 3 rings (SSSR count). The highest BCUT2D eigenvalue weighted by Crippen LogP contribution is 2.25. The zero-order chi connectivity index (χ0) is 18.1. The van der Waals surface area contributed by atoms with Gasteiger partial charge in [-0.05, 0) is 43.5 Å². The molecule has 2 heterocycles. The van der Waals surface area contributed by atoms with Crippen LogP contribution in [-0.2, 0) is 4.79 Å². The van der Waals surface area contributed by atoms with Crippen LogP contribution in [0.3, 0.4) is 0 Å². The normalized spacial score (nSPS) is 20.5. The van der Waals surface area contributed by atoms with Crippen molar-refractivity contribution >= 4 is 23.5 Å². The molecule has 2 atom stereocenters. The topological polar surface area (TPSA) is 75.4 Å². The molecule has 0 spiro atoms. The van der Waals surface area contributed by atoms with Gasteiger partial charge >= 0.3 is 5.97 Å². The first-order valence-electron chi connectivity index (χ1n) is 8.19. The lowest BCUT2D eigenvalue weighted by atomic mass is 9.90. The van der Waals surface area contributed by atoms with Crippen LogP contribution in [0.25, 0.3) is 5.69 Å². The number of carboxylic acid groups (broad SMARTS) is 1. The van der Waals surface area contributed by atoms with E-state index in [0.29, 0.717) is 23.6 Å². The molecule has 1 fully saturated rings. The standard InChI is InChI=1S/C18H20ClN3O3/c1-11-7-13(18(24)25)10-21(9-11)17(23)16-8-20-22(12(16)2)15-5-3-14(19)4-6-15/h3-6,8,11,13H,7,9-10H2,1-2H3,(H,24,25). The molecule has 0 aliphatic carbocycles. The molecule has 1 aromatic carbocycles. The van der Waals surface area contributed by atoms with Gasteiger partial charge < -0.3 is 10.0 Å². The molecule has 1 aliphatic heterocycles. The number of likely N-dealkylation sites (tertiary alicyclic amines) is 1. The van der Waals surface area contributed by atoms with E-state index in [2.05, 4.69) is 5.10 Å². The van der Waals surface area contributed by atoms with Crippen LogP contribution in [0.5, 0.6) is 0 Å². The van der Waals surface area contributed by atoms with E-state index in [0.717, 1.165) is 11.4 Å². The zero-order valence-corrected chi connectivity index (χ0v) is 14.9. The van der Waals surface area contributed by atoms with Gasteiger partial charge in [0.2, 0.25) is 0 Å². The SMILES string of the molecule is Cc1c(C(=O)N2CC(C)CC(C(=O)O)C2)cnn1-c1ccc(Cl)cc1. The van der Waals surface area contributed by atoms with Crippen LogP contribution in [0.1, 0.15) is 29.4 Å².